The van der Waals surface area contributed by atoms with Gasteiger partial charge >= 0.3 is 0 Å². The highest BCUT2D eigenvalue weighted by Crippen LogP contribution is 2.26. The number of hydrogen-bond acceptors (Lipinski definition) is 7. The van der Waals surface area contributed by atoms with Crippen molar-refractivity contribution in [3.05, 3.63) is 52.3 Å². The quantitative estimate of drug-likeness (QED) is 0.535. The Morgan fingerprint density at radius 3 is 2.32 bits per heavy atom. The molecule has 0 fully saturated rings. The Labute approximate surface area is 166 Å². The van der Waals surface area contributed by atoms with Crippen molar-refractivity contribution in [2.45, 2.75) is 47.0 Å². The van der Waals surface area contributed by atoms with E-state index < -0.39 is 6.10 Å². The highest BCUT2D eigenvalue weighted by Gasteiger charge is 2.17. The summed E-state index contributed by atoms with van der Waals surface area (Å²) >= 11 is 0. The lowest BCUT2D eigenvalue weighted by molar-refractivity contribution is -0.0860. The second-order valence-electron chi connectivity index (χ2n) is 6.85. The second kappa shape index (κ2) is 10.4. The highest BCUT2D eigenvalue weighted by molar-refractivity contribution is 5.41. The monoisotopic (exact) mass is 390 g/mol. The van der Waals surface area contributed by atoms with Crippen molar-refractivity contribution in [1.29, 1.82) is 0 Å². The van der Waals surface area contributed by atoms with Gasteiger partial charge in [-0.05, 0) is 51.0 Å². The molecule has 0 aliphatic heterocycles. The topological polar surface area (TPSA) is 95.3 Å². The zero-order chi connectivity index (χ0) is 20.7. The number of likely N-dealkylation sites (N-methyl/N-ethyl adjacent to an activating group) is 1. The summed E-state index contributed by atoms with van der Waals surface area (Å²) in [5.74, 6) is 1.12. The Morgan fingerprint density at radius 2 is 1.75 bits per heavy atom. The minimum absolute atomic E-state index is 0.0110. The van der Waals surface area contributed by atoms with Crippen molar-refractivity contribution >= 4 is 0 Å². The molecule has 2 rings (SSSR count). The third kappa shape index (κ3) is 5.90. The van der Waals surface area contributed by atoms with E-state index in [9.17, 15) is 15.3 Å². The fraction of sp³-hybridized carbons (Fsp3) is 0.476. The Balaban J connectivity index is 2.00. The first-order valence-corrected chi connectivity index (χ1v) is 9.39. The number of pyridine rings is 1. The van der Waals surface area contributed by atoms with Crippen LogP contribution < -0.4 is 9.57 Å². The standard InChI is InChI=1S/C21H30N2O5/c1-5-23(28-19-7-14(2)6-15(3)8-19)10-18(26)13-27-21-16(4)22-9-17(11-24)20(21)12-25/h6-9,18,24-26H,5,10-13H2,1-4H3. The number of ether oxygens (including phenoxy) is 1. The minimum Gasteiger partial charge on any atom is -0.489 e. The van der Waals surface area contributed by atoms with Crippen LogP contribution in [0.1, 0.15) is 34.9 Å². The van der Waals surface area contributed by atoms with Gasteiger partial charge in [-0.3, -0.25) is 4.98 Å². The highest BCUT2D eigenvalue weighted by atomic mass is 16.7. The zero-order valence-electron chi connectivity index (χ0n) is 17.0. The first-order valence-electron chi connectivity index (χ1n) is 9.39. The number of benzene rings is 1. The van der Waals surface area contributed by atoms with E-state index >= 15 is 0 Å². The summed E-state index contributed by atoms with van der Waals surface area (Å²) in [6.07, 6.45) is 0.704. The van der Waals surface area contributed by atoms with E-state index in [-0.39, 0.29) is 26.4 Å². The molecule has 0 bridgehead atoms. The molecule has 0 saturated carbocycles. The molecule has 1 heterocycles. The molecular weight excluding hydrogens is 360 g/mol. The van der Waals surface area contributed by atoms with Gasteiger partial charge < -0.3 is 24.9 Å². The van der Waals surface area contributed by atoms with E-state index in [0.29, 0.717) is 29.1 Å². The van der Waals surface area contributed by atoms with Crippen molar-refractivity contribution in [3.63, 3.8) is 0 Å². The second-order valence-corrected chi connectivity index (χ2v) is 6.85. The largest absolute Gasteiger partial charge is 0.489 e. The summed E-state index contributed by atoms with van der Waals surface area (Å²) < 4.78 is 5.73. The third-order valence-electron chi connectivity index (χ3n) is 4.35. The number of aliphatic hydroxyl groups excluding tert-OH is 3. The number of rotatable bonds is 10. The van der Waals surface area contributed by atoms with Crippen molar-refractivity contribution in [3.8, 4) is 11.5 Å². The fourth-order valence-corrected chi connectivity index (χ4v) is 3.01. The first kappa shape index (κ1) is 22.1. The van der Waals surface area contributed by atoms with Gasteiger partial charge in [-0.15, -0.1) is 5.06 Å². The molecule has 0 saturated heterocycles. The summed E-state index contributed by atoms with van der Waals surface area (Å²) in [5, 5.41) is 31.1. The van der Waals surface area contributed by atoms with Crippen LogP contribution in [0.15, 0.2) is 24.4 Å². The van der Waals surface area contributed by atoms with E-state index in [1.165, 1.54) is 6.20 Å². The summed E-state index contributed by atoms with van der Waals surface area (Å²) in [4.78, 5) is 10.1. The fourth-order valence-electron chi connectivity index (χ4n) is 3.01. The van der Waals surface area contributed by atoms with Crippen LogP contribution in [0.3, 0.4) is 0 Å². The van der Waals surface area contributed by atoms with E-state index in [4.69, 9.17) is 9.57 Å². The van der Waals surface area contributed by atoms with Crippen molar-refractivity contribution in [1.82, 2.24) is 10.0 Å². The molecule has 7 heteroatoms. The summed E-state index contributed by atoms with van der Waals surface area (Å²) in [5.41, 5.74) is 3.80. The smallest absolute Gasteiger partial charge is 0.148 e. The molecule has 0 spiro atoms. The van der Waals surface area contributed by atoms with Gasteiger partial charge in [0.2, 0.25) is 0 Å². The molecule has 1 aromatic carbocycles. The predicted octanol–water partition coefficient (Wildman–Crippen LogP) is 2.05. The molecule has 3 N–H and O–H groups in total. The maximum Gasteiger partial charge on any atom is 0.148 e. The molecule has 0 radical (unpaired) electrons. The van der Waals surface area contributed by atoms with Crippen molar-refractivity contribution < 1.29 is 24.9 Å². The van der Waals surface area contributed by atoms with E-state index in [2.05, 4.69) is 11.1 Å². The molecule has 0 amide bonds. The van der Waals surface area contributed by atoms with Gasteiger partial charge in [0.05, 0.1) is 25.5 Å². The van der Waals surface area contributed by atoms with Crippen LogP contribution in [0, 0.1) is 20.8 Å². The molecule has 28 heavy (non-hydrogen) atoms. The lowest BCUT2D eigenvalue weighted by Crippen LogP contribution is -2.38. The SMILES string of the molecule is CCN(CC(O)COc1c(C)ncc(CO)c1CO)Oc1cc(C)cc(C)c1. The van der Waals surface area contributed by atoms with Gasteiger partial charge in [-0.25, -0.2) is 0 Å². The molecule has 2 aromatic rings. The van der Waals surface area contributed by atoms with E-state index in [1.54, 1.807) is 12.0 Å². The average Bonchev–Trinajstić information content (AvgIpc) is 2.65. The molecule has 154 valence electrons. The number of aromatic nitrogens is 1. The first-order chi connectivity index (χ1) is 13.4. The van der Waals surface area contributed by atoms with Gasteiger partial charge in [0.15, 0.2) is 0 Å². The maximum absolute atomic E-state index is 10.4. The predicted molar refractivity (Wildman–Crippen MR) is 106 cm³/mol. The van der Waals surface area contributed by atoms with Crippen LogP contribution in [0.2, 0.25) is 0 Å². The average molecular weight is 390 g/mol. The number of hydrogen-bond donors (Lipinski definition) is 3. The normalized spacial score (nSPS) is 12.3. The summed E-state index contributed by atoms with van der Waals surface area (Å²) in [6, 6.07) is 5.96. The van der Waals surface area contributed by atoms with Crippen molar-refractivity contribution in [2.75, 3.05) is 19.7 Å². The van der Waals surface area contributed by atoms with E-state index in [0.717, 1.165) is 16.9 Å². The molecule has 0 aliphatic carbocycles. The number of nitrogens with zero attached hydrogens (tertiary/aromatic N) is 2. The Bertz CT molecular complexity index is 761. The Hall–Kier alpha value is -2.19. The van der Waals surface area contributed by atoms with Gasteiger partial charge in [0, 0.05) is 23.9 Å². The third-order valence-corrected chi connectivity index (χ3v) is 4.35. The maximum atomic E-state index is 10.4. The van der Waals surface area contributed by atoms with Crippen LogP contribution in [-0.2, 0) is 13.2 Å². The van der Waals surface area contributed by atoms with Crippen LogP contribution in [0.4, 0.5) is 0 Å². The molecule has 7 nitrogen and oxygen atoms in total. The lowest BCUT2D eigenvalue weighted by Gasteiger charge is -2.24. The summed E-state index contributed by atoms with van der Waals surface area (Å²) in [7, 11) is 0. The van der Waals surface area contributed by atoms with Crippen LogP contribution in [-0.4, -0.2) is 51.2 Å². The van der Waals surface area contributed by atoms with Crippen LogP contribution in [0.25, 0.3) is 0 Å². The molecule has 1 atom stereocenters. The van der Waals surface area contributed by atoms with E-state index in [1.807, 2.05) is 32.9 Å². The van der Waals surface area contributed by atoms with Gasteiger partial charge in [0.1, 0.15) is 24.2 Å². The molecule has 1 unspecified atom stereocenters. The molecule has 0 aliphatic rings. The van der Waals surface area contributed by atoms with Crippen LogP contribution in [0.5, 0.6) is 11.5 Å². The molecular formula is C21H30N2O5. The van der Waals surface area contributed by atoms with Crippen LogP contribution >= 0.6 is 0 Å². The van der Waals surface area contributed by atoms with Gasteiger partial charge in [-0.2, -0.15) is 0 Å². The zero-order valence-corrected chi connectivity index (χ0v) is 17.0. The number of aliphatic hydroxyl groups is 3. The Kier molecular flexibility index (Phi) is 8.19. The molecule has 1 aromatic heterocycles. The summed E-state index contributed by atoms with van der Waals surface area (Å²) in [6.45, 7) is 8.05. The van der Waals surface area contributed by atoms with Gasteiger partial charge in [0.25, 0.3) is 0 Å². The number of aryl methyl sites for hydroxylation is 3. The van der Waals surface area contributed by atoms with Crippen molar-refractivity contribution in [2.24, 2.45) is 0 Å². The number of hydroxylamine groups is 2. The Morgan fingerprint density at radius 1 is 1.07 bits per heavy atom. The minimum atomic E-state index is -0.811. The lowest BCUT2D eigenvalue weighted by atomic mass is 10.1. The van der Waals surface area contributed by atoms with Gasteiger partial charge in [-0.1, -0.05) is 6.07 Å².